The van der Waals surface area contributed by atoms with Gasteiger partial charge in [-0.1, -0.05) is 12.8 Å². The number of piperazine rings is 1. The summed E-state index contributed by atoms with van der Waals surface area (Å²) >= 11 is 0. The zero-order valence-corrected chi connectivity index (χ0v) is 9.75. The minimum Gasteiger partial charge on any atom is -0.311 e. The highest BCUT2D eigenvalue weighted by molar-refractivity contribution is 4.91. The average Bonchev–Trinajstić information content (AvgIpc) is 3.00. The molecular formula is C13H24N2. The highest BCUT2D eigenvalue weighted by atomic mass is 15.2. The van der Waals surface area contributed by atoms with Gasteiger partial charge in [-0.25, -0.2) is 0 Å². The first-order valence-corrected chi connectivity index (χ1v) is 6.87. The second-order valence-electron chi connectivity index (χ2n) is 5.81. The first-order chi connectivity index (χ1) is 7.42. The first kappa shape index (κ1) is 10.1. The van der Waals surface area contributed by atoms with Crippen molar-refractivity contribution in [3.05, 3.63) is 0 Å². The molecule has 0 aromatic carbocycles. The molecule has 1 atom stereocenters. The van der Waals surface area contributed by atoms with Crippen LogP contribution in [0, 0.1) is 11.8 Å². The van der Waals surface area contributed by atoms with E-state index in [4.69, 9.17) is 0 Å². The molecule has 2 nitrogen and oxygen atoms in total. The Labute approximate surface area is 93.4 Å². The molecule has 3 rings (SSSR count). The Morgan fingerprint density at radius 2 is 1.87 bits per heavy atom. The molecule has 1 aliphatic heterocycles. The minimum absolute atomic E-state index is 0.833. The molecule has 0 aromatic rings. The third-order valence-corrected chi connectivity index (χ3v) is 4.47. The van der Waals surface area contributed by atoms with E-state index in [1.807, 2.05) is 0 Å². The maximum atomic E-state index is 3.69. The van der Waals surface area contributed by atoms with Crippen molar-refractivity contribution < 1.29 is 0 Å². The summed E-state index contributed by atoms with van der Waals surface area (Å²) in [5.74, 6) is 2.05. The molecule has 1 heterocycles. The zero-order chi connectivity index (χ0) is 10.1. The second kappa shape index (κ2) is 4.42. The molecule has 0 bridgehead atoms. The van der Waals surface area contributed by atoms with E-state index in [1.165, 1.54) is 64.7 Å². The minimum atomic E-state index is 0.833. The average molecular weight is 208 g/mol. The Morgan fingerprint density at radius 3 is 2.60 bits per heavy atom. The van der Waals surface area contributed by atoms with Gasteiger partial charge >= 0.3 is 0 Å². The standard InChI is InChI=1S/C13H24N2/c1-2-4-11(3-1)9-15-8-7-14-13(10-15)12-5-6-12/h11-14H,1-10H2. The predicted octanol–water partition coefficient (Wildman–Crippen LogP) is 1.86. The molecule has 0 radical (unpaired) electrons. The molecule has 2 saturated carbocycles. The summed E-state index contributed by atoms with van der Waals surface area (Å²) in [4.78, 5) is 2.73. The van der Waals surface area contributed by atoms with Crippen LogP contribution in [0.4, 0.5) is 0 Å². The van der Waals surface area contributed by atoms with Crippen molar-refractivity contribution in [1.29, 1.82) is 0 Å². The summed E-state index contributed by atoms with van der Waals surface area (Å²) in [6.45, 7) is 5.25. The van der Waals surface area contributed by atoms with E-state index in [2.05, 4.69) is 10.2 Å². The van der Waals surface area contributed by atoms with Crippen molar-refractivity contribution in [3.63, 3.8) is 0 Å². The maximum Gasteiger partial charge on any atom is 0.0223 e. The second-order valence-corrected chi connectivity index (χ2v) is 5.81. The summed E-state index contributed by atoms with van der Waals surface area (Å²) in [6.07, 6.45) is 8.94. The van der Waals surface area contributed by atoms with Gasteiger partial charge in [0.05, 0.1) is 0 Å². The summed E-state index contributed by atoms with van der Waals surface area (Å²) in [7, 11) is 0. The molecule has 2 aliphatic carbocycles. The summed E-state index contributed by atoms with van der Waals surface area (Å²) < 4.78 is 0. The molecule has 2 heteroatoms. The van der Waals surface area contributed by atoms with Gasteiger partial charge in [0.1, 0.15) is 0 Å². The van der Waals surface area contributed by atoms with Gasteiger partial charge < -0.3 is 10.2 Å². The van der Waals surface area contributed by atoms with Crippen molar-refractivity contribution in [2.24, 2.45) is 11.8 Å². The van der Waals surface area contributed by atoms with E-state index in [1.54, 1.807) is 0 Å². The van der Waals surface area contributed by atoms with Crippen LogP contribution in [0.5, 0.6) is 0 Å². The Bertz CT molecular complexity index is 205. The quantitative estimate of drug-likeness (QED) is 0.761. The monoisotopic (exact) mass is 208 g/mol. The fourth-order valence-electron chi connectivity index (χ4n) is 3.38. The lowest BCUT2D eigenvalue weighted by molar-refractivity contribution is 0.165. The lowest BCUT2D eigenvalue weighted by Crippen LogP contribution is -2.52. The predicted molar refractivity (Wildman–Crippen MR) is 62.9 cm³/mol. The van der Waals surface area contributed by atoms with Crippen molar-refractivity contribution in [1.82, 2.24) is 10.2 Å². The maximum absolute atomic E-state index is 3.69. The van der Waals surface area contributed by atoms with Crippen molar-refractivity contribution >= 4 is 0 Å². The van der Waals surface area contributed by atoms with Crippen LogP contribution < -0.4 is 5.32 Å². The van der Waals surface area contributed by atoms with Gasteiger partial charge in [-0.2, -0.15) is 0 Å². The number of hydrogen-bond donors (Lipinski definition) is 1. The Morgan fingerprint density at radius 1 is 1.07 bits per heavy atom. The summed E-state index contributed by atoms with van der Waals surface area (Å²) in [6, 6.07) is 0.833. The van der Waals surface area contributed by atoms with Gasteiger partial charge in [0.2, 0.25) is 0 Å². The van der Waals surface area contributed by atoms with Crippen LogP contribution in [0.25, 0.3) is 0 Å². The van der Waals surface area contributed by atoms with Crippen molar-refractivity contribution in [2.45, 2.75) is 44.6 Å². The number of nitrogens with zero attached hydrogens (tertiary/aromatic N) is 1. The van der Waals surface area contributed by atoms with E-state index < -0.39 is 0 Å². The van der Waals surface area contributed by atoms with E-state index in [0.29, 0.717) is 0 Å². The molecule has 1 saturated heterocycles. The topological polar surface area (TPSA) is 15.3 Å². The van der Waals surface area contributed by atoms with Crippen LogP contribution >= 0.6 is 0 Å². The summed E-state index contributed by atoms with van der Waals surface area (Å²) in [5, 5.41) is 3.69. The largest absolute Gasteiger partial charge is 0.311 e. The first-order valence-electron chi connectivity index (χ1n) is 6.87. The molecule has 3 aliphatic rings. The fraction of sp³-hybridized carbons (Fsp3) is 1.00. The Balaban J connectivity index is 1.47. The van der Waals surface area contributed by atoms with E-state index in [0.717, 1.165) is 17.9 Å². The summed E-state index contributed by atoms with van der Waals surface area (Å²) in [5.41, 5.74) is 0. The lowest BCUT2D eigenvalue weighted by atomic mass is 10.1. The zero-order valence-electron chi connectivity index (χ0n) is 9.75. The fourth-order valence-corrected chi connectivity index (χ4v) is 3.38. The molecule has 3 fully saturated rings. The van der Waals surface area contributed by atoms with Gasteiger partial charge in [0, 0.05) is 32.2 Å². The van der Waals surface area contributed by atoms with Crippen molar-refractivity contribution in [3.8, 4) is 0 Å². The van der Waals surface area contributed by atoms with E-state index >= 15 is 0 Å². The van der Waals surface area contributed by atoms with Gasteiger partial charge in [-0.05, 0) is 37.5 Å². The van der Waals surface area contributed by atoms with E-state index in [-0.39, 0.29) is 0 Å². The van der Waals surface area contributed by atoms with Crippen LogP contribution in [-0.4, -0.2) is 37.1 Å². The number of hydrogen-bond acceptors (Lipinski definition) is 2. The SMILES string of the molecule is C1CCC(CN2CCNC(C3CC3)C2)C1. The number of rotatable bonds is 3. The lowest BCUT2D eigenvalue weighted by Gasteiger charge is -2.35. The van der Waals surface area contributed by atoms with Crippen LogP contribution in [0.2, 0.25) is 0 Å². The third kappa shape index (κ3) is 2.54. The molecule has 1 unspecified atom stereocenters. The van der Waals surface area contributed by atoms with Crippen LogP contribution in [-0.2, 0) is 0 Å². The van der Waals surface area contributed by atoms with Crippen LogP contribution in [0.3, 0.4) is 0 Å². The van der Waals surface area contributed by atoms with Crippen molar-refractivity contribution in [2.75, 3.05) is 26.2 Å². The highest BCUT2D eigenvalue weighted by Gasteiger charge is 2.34. The molecule has 15 heavy (non-hydrogen) atoms. The Kier molecular flexibility index (Phi) is 2.98. The normalized spacial score (nSPS) is 34.8. The van der Waals surface area contributed by atoms with Gasteiger partial charge in [-0.3, -0.25) is 0 Å². The molecule has 0 spiro atoms. The van der Waals surface area contributed by atoms with Crippen LogP contribution in [0.1, 0.15) is 38.5 Å². The molecular weight excluding hydrogens is 184 g/mol. The van der Waals surface area contributed by atoms with Gasteiger partial charge in [-0.15, -0.1) is 0 Å². The third-order valence-electron chi connectivity index (χ3n) is 4.47. The van der Waals surface area contributed by atoms with E-state index in [9.17, 15) is 0 Å². The van der Waals surface area contributed by atoms with Gasteiger partial charge in [0.25, 0.3) is 0 Å². The molecule has 1 N–H and O–H groups in total. The van der Waals surface area contributed by atoms with Crippen LogP contribution in [0.15, 0.2) is 0 Å². The molecule has 0 aromatic heterocycles. The Hall–Kier alpha value is -0.0800. The smallest absolute Gasteiger partial charge is 0.0223 e. The highest BCUT2D eigenvalue weighted by Crippen LogP contribution is 2.34. The van der Waals surface area contributed by atoms with Gasteiger partial charge in [0.15, 0.2) is 0 Å². The molecule has 0 amide bonds. The molecule has 86 valence electrons. The number of nitrogens with one attached hydrogen (secondary N) is 1.